The number of benzene rings is 4. The lowest BCUT2D eigenvalue weighted by Crippen LogP contribution is -2.25. The van der Waals surface area contributed by atoms with Crippen molar-refractivity contribution >= 4 is 27.5 Å². The fourth-order valence-electron chi connectivity index (χ4n) is 9.97. The molecule has 7 heteroatoms. The standard InChI is InChI=1S/C53H65N7/c1-5-9-12-15-18-21-32-53(33-22-19-16-13-10-6-2)48-37-42(55-57-54)26-28-44(48)45-29-27-43(38-49(45)53)60-39-50(56-58-60)41-25-31-52-47(36-41)46-35-40(8-4)24-30-51(46)59(52)34-23-20-17-14-11-7-3/h4,24-31,35-39H,5-7,9-23,32-34H2,1-3H3. The lowest BCUT2D eigenvalue weighted by Gasteiger charge is -2.33. The highest BCUT2D eigenvalue weighted by atomic mass is 15.4. The molecule has 1 aliphatic carbocycles. The molecular formula is C53H65N7. The van der Waals surface area contributed by atoms with Gasteiger partial charge in [0.15, 0.2) is 0 Å². The smallest absolute Gasteiger partial charge is 0.113 e. The molecule has 0 bridgehead atoms. The van der Waals surface area contributed by atoms with E-state index in [4.69, 9.17) is 16.7 Å². The number of aromatic nitrogens is 4. The zero-order chi connectivity index (χ0) is 41.7. The summed E-state index contributed by atoms with van der Waals surface area (Å²) in [4.78, 5) is 3.18. The summed E-state index contributed by atoms with van der Waals surface area (Å²) in [7, 11) is 0. The highest BCUT2D eigenvalue weighted by Crippen LogP contribution is 2.55. The minimum absolute atomic E-state index is 0.160. The molecule has 0 radical (unpaired) electrons. The van der Waals surface area contributed by atoms with Gasteiger partial charge in [-0.2, -0.15) is 0 Å². The summed E-state index contributed by atoms with van der Waals surface area (Å²) in [5, 5.41) is 16.0. The van der Waals surface area contributed by atoms with Crippen LogP contribution in [0.25, 0.3) is 60.3 Å². The van der Waals surface area contributed by atoms with Crippen LogP contribution in [0.15, 0.2) is 84.1 Å². The fourth-order valence-corrected chi connectivity index (χ4v) is 9.97. The highest BCUT2D eigenvalue weighted by Gasteiger charge is 2.42. The lowest BCUT2D eigenvalue weighted by atomic mass is 9.70. The van der Waals surface area contributed by atoms with Crippen molar-refractivity contribution in [2.45, 2.75) is 161 Å². The highest BCUT2D eigenvalue weighted by molar-refractivity contribution is 6.09. The summed E-state index contributed by atoms with van der Waals surface area (Å²) in [6.45, 7) is 7.83. The third-order valence-electron chi connectivity index (χ3n) is 13.2. The largest absolute Gasteiger partial charge is 0.340 e. The fraction of sp³-hybridized carbons (Fsp3) is 0.472. The Morgan fingerprint density at radius 2 is 1.23 bits per heavy atom. The van der Waals surface area contributed by atoms with Gasteiger partial charge in [0.2, 0.25) is 0 Å². The molecule has 0 saturated carbocycles. The second kappa shape index (κ2) is 20.8. The third kappa shape index (κ3) is 9.35. The average molecular weight is 800 g/mol. The predicted molar refractivity (Wildman–Crippen MR) is 252 cm³/mol. The monoisotopic (exact) mass is 800 g/mol. The zero-order valence-corrected chi connectivity index (χ0v) is 36.6. The van der Waals surface area contributed by atoms with E-state index >= 15 is 0 Å². The Balaban J connectivity index is 1.22. The number of azide groups is 1. The summed E-state index contributed by atoms with van der Waals surface area (Å²) in [5.74, 6) is 2.86. The van der Waals surface area contributed by atoms with Crippen molar-refractivity contribution in [3.05, 3.63) is 106 Å². The molecule has 0 fully saturated rings. The van der Waals surface area contributed by atoms with E-state index in [9.17, 15) is 5.53 Å². The second-order valence-corrected chi connectivity index (χ2v) is 17.3. The van der Waals surface area contributed by atoms with Gasteiger partial charge in [0.1, 0.15) is 5.69 Å². The van der Waals surface area contributed by atoms with Gasteiger partial charge in [-0.25, -0.2) is 4.68 Å². The maximum atomic E-state index is 9.42. The molecule has 0 amide bonds. The molecule has 0 aliphatic heterocycles. The minimum Gasteiger partial charge on any atom is -0.340 e. The van der Waals surface area contributed by atoms with Gasteiger partial charge >= 0.3 is 0 Å². The maximum absolute atomic E-state index is 9.42. The Hall–Kier alpha value is -5.31. The SMILES string of the molecule is C#Cc1ccc2c(c1)c1cc(-c3cn(-c4ccc5c(c4)C(CCCCCCCC)(CCCCCCCC)c4cc(N=[N+]=[N-])ccc4-5)nn3)ccc1n2CCCCCCCC. The van der Waals surface area contributed by atoms with Crippen molar-refractivity contribution in [1.29, 1.82) is 0 Å². The summed E-state index contributed by atoms with van der Waals surface area (Å²) >= 11 is 0. The zero-order valence-electron chi connectivity index (χ0n) is 36.6. The number of unbranched alkanes of at least 4 members (excludes halogenated alkanes) is 15. The molecule has 7 nitrogen and oxygen atoms in total. The van der Waals surface area contributed by atoms with E-state index in [0.717, 1.165) is 48.3 Å². The number of terminal acetylenes is 1. The first-order valence-corrected chi connectivity index (χ1v) is 23.4. The Morgan fingerprint density at radius 1 is 0.650 bits per heavy atom. The van der Waals surface area contributed by atoms with E-state index < -0.39 is 0 Å². The van der Waals surface area contributed by atoms with Gasteiger partial charge in [-0.05, 0) is 95.6 Å². The first kappa shape index (κ1) is 42.8. The van der Waals surface area contributed by atoms with Gasteiger partial charge in [0.25, 0.3) is 0 Å². The van der Waals surface area contributed by atoms with Gasteiger partial charge in [-0.1, -0.05) is 170 Å². The number of fused-ring (bicyclic) bond motifs is 6. The summed E-state index contributed by atoms with van der Waals surface area (Å²) in [6.07, 6.45) is 32.8. The molecule has 4 aromatic carbocycles. The summed E-state index contributed by atoms with van der Waals surface area (Å²) in [6, 6.07) is 26.4. The van der Waals surface area contributed by atoms with Crippen molar-refractivity contribution in [3.63, 3.8) is 0 Å². The van der Waals surface area contributed by atoms with Crippen LogP contribution >= 0.6 is 0 Å². The van der Waals surface area contributed by atoms with Gasteiger partial charge in [-0.3, -0.25) is 0 Å². The van der Waals surface area contributed by atoms with Crippen molar-refractivity contribution < 1.29 is 0 Å². The van der Waals surface area contributed by atoms with E-state index in [2.05, 4.69) is 114 Å². The molecule has 312 valence electrons. The van der Waals surface area contributed by atoms with Gasteiger partial charge in [-0.15, -0.1) is 11.5 Å². The molecular weight excluding hydrogens is 735 g/mol. The van der Waals surface area contributed by atoms with Crippen LogP contribution < -0.4 is 0 Å². The number of hydrogen-bond acceptors (Lipinski definition) is 3. The third-order valence-corrected chi connectivity index (χ3v) is 13.2. The van der Waals surface area contributed by atoms with Crippen molar-refractivity contribution in [2.24, 2.45) is 5.11 Å². The van der Waals surface area contributed by atoms with Crippen molar-refractivity contribution in [2.75, 3.05) is 0 Å². The Morgan fingerprint density at radius 3 is 1.88 bits per heavy atom. The van der Waals surface area contributed by atoms with Crippen molar-refractivity contribution in [3.8, 4) is 40.4 Å². The molecule has 2 heterocycles. The van der Waals surface area contributed by atoms with Crippen LogP contribution in [0.2, 0.25) is 0 Å². The van der Waals surface area contributed by atoms with Crippen LogP contribution in [0.4, 0.5) is 5.69 Å². The van der Waals surface area contributed by atoms with E-state index in [0.29, 0.717) is 5.69 Å². The van der Waals surface area contributed by atoms with E-state index in [1.165, 1.54) is 153 Å². The molecule has 0 atom stereocenters. The summed E-state index contributed by atoms with van der Waals surface area (Å²) < 4.78 is 4.43. The molecule has 2 aromatic heterocycles. The molecule has 1 aliphatic rings. The topological polar surface area (TPSA) is 84.4 Å². The van der Waals surface area contributed by atoms with E-state index in [1.807, 2.05) is 10.7 Å². The normalized spacial score (nSPS) is 12.8. The average Bonchev–Trinajstić information content (AvgIpc) is 3.96. The van der Waals surface area contributed by atoms with E-state index in [-0.39, 0.29) is 5.41 Å². The Bertz CT molecular complexity index is 2440. The molecule has 6 aromatic rings. The van der Waals surface area contributed by atoms with Crippen LogP contribution in [0.5, 0.6) is 0 Å². The Labute approximate surface area is 358 Å². The van der Waals surface area contributed by atoms with Gasteiger partial charge < -0.3 is 4.57 Å². The Kier molecular flexibility index (Phi) is 14.8. The second-order valence-electron chi connectivity index (χ2n) is 17.3. The quantitative estimate of drug-likeness (QED) is 0.0201. The molecule has 60 heavy (non-hydrogen) atoms. The molecule has 0 spiro atoms. The number of aryl methyl sites for hydroxylation is 1. The first-order valence-electron chi connectivity index (χ1n) is 23.4. The van der Waals surface area contributed by atoms with Crippen LogP contribution in [0, 0.1) is 12.3 Å². The number of hydrogen-bond donors (Lipinski definition) is 0. The minimum atomic E-state index is -0.160. The first-order chi connectivity index (χ1) is 29.5. The van der Waals surface area contributed by atoms with Crippen LogP contribution in [0.3, 0.4) is 0 Å². The predicted octanol–water partition coefficient (Wildman–Crippen LogP) is 16.1. The lowest BCUT2D eigenvalue weighted by molar-refractivity contribution is 0.398. The molecule has 0 N–H and O–H groups in total. The molecule has 7 rings (SSSR count). The van der Waals surface area contributed by atoms with Crippen LogP contribution in [-0.4, -0.2) is 19.6 Å². The van der Waals surface area contributed by atoms with Crippen LogP contribution in [-0.2, 0) is 12.0 Å². The van der Waals surface area contributed by atoms with Crippen molar-refractivity contribution in [1.82, 2.24) is 19.6 Å². The summed E-state index contributed by atoms with van der Waals surface area (Å²) in [5.41, 5.74) is 21.5. The maximum Gasteiger partial charge on any atom is 0.113 e. The molecule has 0 unspecified atom stereocenters. The number of nitrogens with zero attached hydrogens (tertiary/aromatic N) is 7. The van der Waals surface area contributed by atoms with Crippen LogP contribution in [0.1, 0.15) is 166 Å². The van der Waals surface area contributed by atoms with E-state index in [1.54, 1.807) is 0 Å². The molecule has 0 saturated heterocycles. The van der Waals surface area contributed by atoms with Gasteiger partial charge in [0, 0.05) is 55.5 Å². The van der Waals surface area contributed by atoms with Gasteiger partial charge in [0.05, 0.1) is 11.9 Å². The number of rotatable bonds is 24.